The molecule has 1 N–H and O–H groups in total. The van der Waals surface area contributed by atoms with Gasteiger partial charge in [0.1, 0.15) is 0 Å². The van der Waals surface area contributed by atoms with E-state index in [1.165, 1.54) is 4.90 Å². The van der Waals surface area contributed by atoms with Gasteiger partial charge in [0, 0.05) is 5.69 Å². The normalized spacial score (nSPS) is 20.9. The number of aryl methyl sites for hydroxylation is 2. The van der Waals surface area contributed by atoms with Gasteiger partial charge in [0.2, 0.25) is 11.8 Å². The summed E-state index contributed by atoms with van der Waals surface area (Å²) in [5.41, 5.74) is 3.71. The van der Waals surface area contributed by atoms with E-state index in [9.17, 15) is 14.4 Å². The summed E-state index contributed by atoms with van der Waals surface area (Å²) in [6.07, 6.45) is 5.07. The zero-order chi connectivity index (χ0) is 21.3. The van der Waals surface area contributed by atoms with Gasteiger partial charge in [-0.15, -0.1) is 0 Å². The Morgan fingerprint density at radius 3 is 2.03 bits per heavy atom. The van der Waals surface area contributed by atoms with Crippen LogP contribution < -0.4 is 10.2 Å². The topological polar surface area (TPSA) is 66.5 Å². The van der Waals surface area contributed by atoms with Crippen LogP contribution in [0.1, 0.15) is 61.0 Å². The van der Waals surface area contributed by atoms with Crippen molar-refractivity contribution in [2.45, 2.75) is 52.4 Å². The summed E-state index contributed by atoms with van der Waals surface area (Å²) in [6, 6.07) is 13.0. The summed E-state index contributed by atoms with van der Waals surface area (Å²) in [4.78, 5) is 40.7. The molecule has 2 aromatic carbocycles. The Morgan fingerprint density at radius 1 is 0.900 bits per heavy atom. The maximum Gasteiger partial charge on any atom is 0.257 e. The molecule has 5 heteroatoms. The molecule has 4 rings (SSSR count). The Kier molecular flexibility index (Phi) is 5.71. The van der Waals surface area contributed by atoms with Crippen molar-refractivity contribution < 1.29 is 14.4 Å². The number of anilines is 2. The highest BCUT2D eigenvalue weighted by Crippen LogP contribution is 2.41. The first-order valence-corrected chi connectivity index (χ1v) is 11.0. The predicted molar refractivity (Wildman–Crippen MR) is 118 cm³/mol. The van der Waals surface area contributed by atoms with Gasteiger partial charge in [0.15, 0.2) is 0 Å². The van der Waals surface area contributed by atoms with E-state index in [0.29, 0.717) is 11.3 Å². The number of para-hydroxylation sites is 2. The molecule has 0 spiro atoms. The molecule has 3 amide bonds. The zero-order valence-corrected chi connectivity index (χ0v) is 17.6. The van der Waals surface area contributed by atoms with Crippen molar-refractivity contribution in [1.82, 2.24) is 0 Å². The number of carbonyl (C=O) groups is 3. The van der Waals surface area contributed by atoms with E-state index in [-0.39, 0.29) is 29.6 Å². The lowest BCUT2D eigenvalue weighted by Gasteiger charge is -2.20. The lowest BCUT2D eigenvalue weighted by Crippen LogP contribution is -2.33. The standard InChI is InChI=1S/C25H28N2O3/c1-3-16-10-9-11-17(4-2)22(16)26-23(28)20-14-7-8-15-21(20)27-24(29)18-12-5-6-13-19(18)25(27)30/h7-11,14-15,18-19H,3-6,12-13H2,1-2H3,(H,26,28)/t18-,19-/m0/s1. The number of nitrogens with zero attached hydrogens (tertiary/aromatic N) is 1. The van der Waals surface area contributed by atoms with Gasteiger partial charge in [-0.2, -0.15) is 0 Å². The van der Waals surface area contributed by atoms with Crippen LogP contribution in [0.5, 0.6) is 0 Å². The molecule has 1 heterocycles. The highest BCUT2D eigenvalue weighted by molar-refractivity contribution is 6.24. The van der Waals surface area contributed by atoms with Gasteiger partial charge in [-0.1, -0.05) is 57.0 Å². The molecule has 2 fully saturated rings. The van der Waals surface area contributed by atoms with Gasteiger partial charge >= 0.3 is 0 Å². The van der Waals surface area contributed by atoms with E-state index in [4.69, 9.17) is 0 Å². The van der Waals surface area contributed by atoms with E-state index in [1.807, 2.05) is 18.2 Å². The maximum atomic E-state index is 13.3. The first-order chi connectivity index (χ1) is 14.6. The van der Waals surface area contributed by atoms with Gasteiger partial charge in [-0.05, 0) is 48.9 Å². The van der Waals surface area contributed by atoms with Crippen LogP contribution in [0, 0.1) is 11.8 Å². The summed E-state index contributed by atoms with van der Waals surface area (Å²) >= 11 is 0. The third-order valence-corrected chi connectivity index (χ3v) is 6.47. The number of amides is 3. The molecule has 1 aliphatic heterocycles. The van der Waals surface area contributed by atoms with Gasteiger partial charge in [0.05, 0.1) is 23.1 Å². The van der Waals surface area contributed by atoms with Gasteiger partial charge in [-0.3, -0.25) is 14.4 Å². The Morgan fingerprint density at radius 2 is 1.47 bits per heavy atom. The van der Waals surface area contributed by atoms with Crippen molar-refractivity contribution in [1.29, 1.82) is 0 Å². The molecule has 1 saturated carbocycles. The molecule has 2 aromatic rings. The third-order valence-electron chi connectivity index (χ3n) is 6.47. The molecule has 0 radical (unpaired) electrons. The van der Waals surface area contributed by atoms with Crippen LogP contribution in [0.15, 0.2) is 42.5 Å². The van der Waals surface area contributed by atoms with Crippen molar-refractivity contribution in [3.05, 3.63) is 59.2 Å². The fraction of sp³-hybridized carbons (Fsp3) is 0.400. The molecule has 5 nitrogen and oxygen atoms in total. The quantitative estimate of drug-likeness (QED) is 0.732. The molecule has 1 aliphatic carbocycles. The minimum atomic E-state index is -0.295. The average Bonchev–Trinajstić information content (AvgIpc) is 3.04. The van der Waals surface area contributed by atoms with Crippen LogP contribution in [-0.2, 0) is 22.4 Å². The SMILES string of the molecule is CCc1cccc(CC)c1NC(=O)c1ccccc1N1C(=O)[C@H]2CCCC[C@@H]2C1=O. The van der Waals surface area contributed by atoms with E-state index in [2.05, 4.69) is 19.2 Å². The summed E-state index contributed by atoms with van der Waals surface area (Å²) in [6.45, 7) is 4.11. The van der Waals surface area contributed by atoms with Crippen LogP contribution in [0.3, 0.4) is 0 Å². The lowest BCUT2D eigenvalue weighted by molar-refractivity contribution is -0.122. The fourth-order valence-electron chi connectivity index (χ4n) is 4.84. The van der Waals surface area contributed by atoms with Crippen molar-refractivity contribution in [2.24, 2.45) is 11.8 Å². The molecule has 1 saturated heterocycles. The molecular weight excluding hydrogens is 376 g/mol. The van der Waals surface area contributed by atoms with Crippen molar-refractivity contribution >= 4 is 29.1 Å². The summed E-state index contributed by atoms with van der Waals surface area (Å²) < 4.78 is 0. The van der Waals surface area contributed by atoms with Crippen LogP contribution in [0.2, 0.25) is 0 Å². The zero-order valence-electron chi connectivity index (χ0n) is 17.6. The third kappa shape index (κ3) is 3.42. The van der Waals surface area contributed by atoms with Gasteiger partial charge < -0.3 is 5.32 Å². The van der Waals surface area contributed by atoms with Crippen LogP contribution >= 0.6 is 0 Å². The molecule has 0 unspecified atom stereocenters. The van der Waals surface area contributed by atoms with Crippen molar-refractivity contribution in [3.8, 4) is 0 Å². The number of nitrogens with one attached hydrogen (secondary N) is 1. The van der Waals surface area contributed by atoms with E-state index in [0.717, 1.165) is 55.3 Å². The number of fused-ring (bicyclic) bond motifs is 1. The Balaban J connectivity index is 1.69. The highest BCUT2D eigenvalue weighted by Gasteiger charge is 2.49. The highest BCUT2D eigenvalue weighted by atomic mass is 16.2. The fourth-order valence-corrected chi connectivity index (χ4v) is 4.84. The number of rotatable bonds is 5. The summed E-state index contributed by atoms with van der Waals surface area (Å²) in [5.74, 6) is -1.09. The molecule has 2 aliphatic rings. The summed E-state index contributed by atoms with van der Waals surface area (Å²) in [5, 5.41) is 3.07. The number of hydrogen-bond acceptors (Lipinski definition) is 3. The number of carbonyl (C=O) groups excluding carboxylic acids is 3. The Bertz CT molecular complexity index is 951. The van der Waals surface area contributed by atoms with Gasteiger partial charge in [-0.25, -0.2) is 4.90 Å². The van der Waals surface area contributed by atoms with Crippen LogP contribution in [0.4, 0.5) is 11.4 Å². The van der Waals surface area contributed by atoms with Crippen LogP contribution in [-0.4, -0.2) is 17.7 Å². The number of hydrogen-bond donors (Lipinski definition) is 1. The molecule has 2 atom stereocenters. The van der Waals surface area contributed by atoms with E-state index >= 15 is 0 Å². The largest absolute Gasteiger partial charge is 0.321 e. The molecular formula is C25H28N2O3. The molecule has 0 aromatic heterocycles. The van der Waals surface area contributed by atoms with E-state index in [1.54, 1.807) is 24.3 Å². The smallest absolute Gasteiger partial charge is 0.257 e. The Hall–Kier alpha value is -2.95. The minimum Gasteiger partial charge on any atom is -0.321 e. The number of imide groups is 1. The van der Waals surface area contributed by atoms with Crippen LogP contribution in [0.25, 0.3) is 0 Å². The van der Waals surface area contributed by atoms with E-state index < -0.39 is 0 Å². The first-order valence-electron chi connectivity index (χ1n) is 11.0. The second-order valence-electron chi connectivity index (χ2n) is 8.14. The molecule has 156 valence electrons. The monoisotopic (exact) mass is 404 g/mol. The van der Waals surface area contributed by atoms with Crippen molar-refractivity contribution in [3.63, 3.8) is 0 Å². The Labute approximate surface area is 177 Å². The number of benzene rings is 2. The maximum absolute atomic E-state index is 13.3. The molecule has 0 bridgehead atoms. The average molecular weight is 405 g/mol. The minimum absolute atomic E-state index is 0.159. The first kappa shape index (κ1) is 20.3. The predicted octanol–water partition coefficient (Wildman–Crippen LogP) is 4.74. The molecule has 30 heavy (non-hydrogen) atoms. The van der Waals surface area contributed by atoms with Gasteiger partial charge in [0.25, 0.3) is 5.91 Å². The second-order valence-corrected chi connectivity index (χ2v) is 8.14. The summed E-state index contributed by atoms with van der Waals surface area (Å²) in [7, 11) is 0. The second kappa shape index (κ2) is 8.42. The van der Waals surface area contributed by atoms with Crippen molar-refractivity contribution in [2.75, 3.05) is 10.2 Å². The lowest BCUT2D eigenvalue weighted by atomic mass is 9.81.